The highest BCUT2D eigenvalue weighted by Crippen LogP contribution is 2.30. The van der Waals surface area contributed by atoms with Gasteiger partial charge in [0.2, 0.25) is 0 Å². The molecule has 0 aliphatic rings. The molecule has 0 saturated carbocycles. The number of amides is 1. The largest absolute Gasteiger partial charge is 0.423 e. The van der Waals surface area contributed by atoms with Crippen molar-refractivity contribution in [2.75, 3.05) is 5.32 Å². The zero-order valence-corrected chi connectivity index (χ0v) is 12.2. The molecule has 112 valence electrons. The van der Waals surface area contributed by atoms with E-state index in [0.29, 0.717) is 26.8 Å². The molecular weight excluding hydrogens is 333 g/mol. The average molecular weight is 340 g/mol. The molecule has 8 nitrogen and oxygen atoms in total. The number of aromatic nitrogens is 3. The Morgan fingerprint density at radius 3 is 2.77 bits per heavy atom. The predicted octanol–water partition coefficient (Wildman–Crippen LogP) is 2.79. The van der Waals surface area contributed by atoms with Crippen molar-refractivity contribution in [2.45, 2.75) is 0 Å². The van der Waals surface area contributed by atoms with E-state index in [9.17, 15) is 4.79 Å². The molecule has 22 heavy (non-hydrogen) atoms. The van der Waals surface area contributed by atoms with E-state index in [-0.39, 0.29) is 11.7 Å². The number of carbonyl (C=O) groups excluding carboxylic acids is 1. The van der Waals surface area contributed by atoms with Gasteiger partial charge in [0.1, 0.15) is 5.52 Å². The van der Waals surface area contributed by atoms with Gasteiger partial charge in [-0.25, -0.2) is 5.48 Å². The van der Waals surface area contributed by atoms with Crippen LogP contribution in [0.2, 0.25) is 10.0 Å². The first-order chi connectivity index (χ1) is 10.6. The highest BCUT2D eigenvalue weighted by Gasteiger charge is 2.11. The summed E-state index contributed by atoms with van der Waals surface area (Å²) in [6, 6.07) is 4.65. The second-order valence-electron chi connectivity index (χ2n) is 4.15. The topological polar surface area (TPSA) is 113 Å². The lowest BCUT2D eigenvalue weighted by Gasteiger charge is -2.02. The lowest BCUT2D eigenvalue weighted by molar-refractivity contribution is 0.0699. The summed E-state index contributed by atoms with van der Waals surface area (Å²) in [5.41, 5.74) is 2.77. The third kappa shape index (κ3) is 2.80. The number of halogens is 2. The maximum absolute atomic E-state index is 11.3. The Hall–Kier alpha value is -2.42. The van der Waals surface area contributed by atoms with Crippen molar-refractivity contribution in [3.05, 3.63) is 40.1 Å². The van der Waals surface area contributed by atoms with E-state index < -0.39 is 5.91 Å². The van der Waals surface area contributed by atoms with Crippen LogP contribution in [-0.2, 0) is 0 Å². The van der Waals surface area contributed by atoms with Crippen LogP contribution in [0.1, 0.15) is 10.5 Å². The minimum Gasteiger partial charge on any atom is -0.423 e. The molecule has 0 bridgehead atoms. The molecule has 3 rings (SSSR count). The van der Waals surface area contributed by atoms with Crippen molar-refractivity contribution in [3.8, 4) is 0 Å². The summed E-state index contributed by atoms with van der Waals surface area (Å²) in [4.78, 5) is 15.5. The molecule has 2 heterocycles. The Balaban J connectivity index is 1.91. The normalized spacial score (nSPS) is 10.7. The maximum Gasteiger partial charge on any atom is 0.300 e. The molecule has 10 heteroatoms. The molecule has 0 fully saturated rings. The fourth-order valence-corrected chi connectivity index (χ4v) is 2.02. The van der Waals surface area contributed by atoms with E-state index in [1.807, 2.05) is 0 Å². The molecule has 0 aliphatic carbocycles. The molecule has 0 saturated heterocycles. The molecule has 1 amide bonds. The quantitative estimate of drug-likeness (QED) is 0.496. The van der Waals surface area contributed by atoms with Crippen molar-refractivity contribution in [2.24, 2.45) is 0 Å². The minimum absolute atomic E-state index is 0.0744. The van der Waals surface area contributed by atoms with Crippen LogP contribution in [-0.4, -0.2) is 26.3 Å². The first-order valence-corrected chi connectivity index (χ1v) is 6.62. The van der Waals surface area contributed by atoms with Gasteiger partial charge < -0.3 is 9.73 Å². The first kappa shape index (κ1) is 14.5. The van der Waals surface area contributed by atoms with E-state index in [2.05, 4.69) is 20.5 Å². The maximum atomic E-state index is 11.3. The number of rotatable bonds is 3. The number of hydrogen-bond acceptors (Lipinski definition) is 7. The fraction of sp³-hybridized carbons (Fsp3) is 0. The van der Waals surface area contributed by atoms with Gasteiger partial charge >= 0.3 is 0 Å². The van der Waals surface area contributed by atoms with Gasteiger partial charge in [0.25, 0.3) is 11.9 Å². The second kappa shape index (κ2) is 5.76. The monoisotopic (exact) mass is 339 g/mol. The fourth-order valence-electron chi connectivity index (χ4n) is 1.70. The highest BCUT2D eigenvalue weighted by molar-refractivity contribution is 6.42. The van der Waals surface area contributed by atoms with Gasteiger partial charge in [-0.2, -0.15) is 10.1 Å². The summed E-state index contributed by atoms with van der Waals surface area (Å²) in [5.74, 6) is -0.785. The zero-order chi connectivity index (χ0) is 15.7. The Morgan fingerprint density at radius 1 is 1.23 bits per heavy atom. The molecule has 2 aromatic heterocycles. The van der Waals surface area contributed by atoms with E-state index in [1.54, 1.807) is 12.1 Å². The second-order valence-corrected chi connectivity index (χ2v) is 4.96. The van der Waals surface area contributed by atoms with Gasteiger partial charge in [-0.05, 0) is 12.1 Å². The Morgan fingerprint density at radius 2 is 2.00 bits per heavy atom. The molecule has 0 atom stereocenters. The zero-order valence-electron chi connectivity index (χ0n) is 10.7. The first-order valence-electron chi connectivity index (χ1n) is 5.86. The summed E-state index contributed by atoms with van der Waals surface area (Å²) in [6.45, 7) is 0. The molecule has 1 aromatic carbocycles. The number of benzene rings is 1. The van der Waals surface area contributed by atoms with Crippen molar-refractivity contribution in [1.29, 1.82) is 0 Å². The van der Waals surface area contributed by atoms with E-state index >= 15 is 0 Å². The number of nitrogens with zero attached hydrogens (tertiary/aromatic N) is 3. The van der Waals surface area contributed by atoms with E-state index in [4.69, 9.17) is 32.8 Å². The number of hydrogen-bond donors (Lipinski definition) is 3. The molecule has 0 spiro atoms. The molecule has 3 aromatic rings. The van der Waals surface area contributed by atoms with Crippen LogP contribution in [0.15, 0.2) is 28.8 Å². The number of hydroxylamine groups is 1. The molecule has 0 unspecified atom stereocenters. The standard InChI is InChI=1S/C12H7Cl2N5O3/c13-6-2-8-10(3-7(6)14)22-12(17-8)16-5-1-9(11(20)19-21)18-15-4-5/h1-4,21H,(H,19,20)(H,16,17,18). The summed E-state index contributed by atoms with van der Waals surface area (Å²) in [6.07, 6.45) is 1.36. The van der Waals surface area contributed by atoms with Crippen LogP contribution in [0.3, 0.4) is 0 Å². The third-order valence-corrected chi connectivity index (χ3v) is 3.39. The number of oxazole rings is 1. The minimum atomic E-state index is -0.785. The van der Waals surface area contributed by atoms with Gasteiger partial charge in [0, 0.05) is 6.07 Å². The van der Waals surface area contributed by atoms with Crippen LogP contribution in [0, 0.1) is 0 Å². The van der Waals surface area contributed by atoms with Crippen molar-refractivity contribution in [1.82, 2.24) is 20.7 Å². The molecule has 0 aliphatic heterocycles. The van der Waals surface area contributed by atoms with Crippen LogP contribution < -0.4 is 10.8 Å². The van der Waals surface area contributed by atoms with Crippen molar-refractivity contribution < 1.29 is 14.4 Å². The number of carbonyl (C=O) groups is 1. The van der Waals surface area contributed by atoms with Gasteiger partial charge in [-0.1, -0.05) is 23.2 Å². The Kier molecular flexibility index (Phi) is 3.80. The summed E-state index contributed by atoms with van der Waals surface area (Å²) in [7, 11) is 0. The van der Waals surface area contributed by atoms with Crippen LogP contribution in [0.5, 0.6) is 0 Å². The molecule has 3 N–H and O–H groups in total. The average Bonchev–Trinajstić information content (AvgIpc) is 2.88. The number of fused-ring (bicyclic) bond motifs is 1. The van der Waals surface area contributed by atoms with Crippen LogP contribution >= 0.6 is 23.2 Å². The van der Waals surface area contributed by atoms with Gasteiger partial charge in [-0.3, -0.25) is 10.0 Å². The molecule has 0 radical (unpaired) electrons. The van der Waals surface area contributed by atoms with Gasteiger partial charge in [0.05, 0.1) is 21.9 Å². The van der Waals surface area contributed by atoms with Crippen molar-refractivity contribution >= 4 is 51.9 Å². The summed E-state index contributed by atoms with van der Waals surface area (Å²) < 4.78 is 5.47. The smallest absolute Gasteiger partial charge is 0.300 e. The summed E-state index contributed by atoms with van der Waals surface area (Å²) in [5, 5.41) is 19.3. The van der Waals surface area contributed by atoms with E-state index in [1.165, 1.54) is 17.7 Å². The molecular formula is C12H7Cl2N5O3. The van der Waals surface area contributed by atoms with Crippen LogP contribution in [0.25, 0.3) is 11.1 Å². The van der Waals surface area contributed by atoms with Gasteiger partial charge in [0.15, 0.2) is 11.3 Å². The SMILES string of the molecule is O=C(NO)c1cc(Nc2nc3cc(Cl)c(Cl)cc3o2)cnn1. The van der Waals surface area contributed by atoms with Gasteiger partial charge in [-0.15, -0.1) is 5.10 Å². The third-order valence-electron chi connectivity index (χ3n) is 2.67. The highest BCUT2D eigenvalue weighted by atomic mass is 35.5. The number of nitrogens with one attached hydrogen (secondary N) is 2. The van der Waals surface area contributed by atoms with Crippen molar-refractivity contribution in [3.63, 3.8) is 0 Å². The predicted molar refractivity (Wildman–Crippen MR) is 78.6 cm³/mol. The lowest BCUT2D eigenvalue weighted by Crippen LogP contribution is -2.20. The Bertz CT molecular complexity index is 828. The Labute approximate surface area is 133 Å². The number of anilines is 2. The van der Waals surface area contributed by atoms with Crippen LogP contribution in [0.4, 0.5) is 11.7 Å². The lowest BCUT2D eigenvalue weighted by atomic mass is 10.3. The van der Waals surface area contributed by atoms with E-state index in [0.717, 1.165) is 0 Å². The summed E-state index contributed by atoms with van der Waals surface area (Å²) >= 11 is 11.8.